The fraction of sp³-hybridized carbons (Fsp3) is 0.308. The maximum Gasteiger partial charge on any atom is 0.303 e. The molecule has 3 N–H and O–H groups in total. The Morgan fingerprint density at radius 1 is 0.878 bits per heavy atom. The molecule has 1 fully saturated rings. The van der Waals surface area contributed by atoms with Gasteiger partial charge in [0.05, 0.1) is 18.8 Å². The average molecular weight is 683 g/mol. The van der Waals surface area contributed by atoms with Crippen molar-refractivity contribution in [1.29, 1.82) is 0 Å². The number of esters is 1. The zero-order valence-corrected chi connectivity index (χ0v) is 28.9. The minimum Gasteiger partial charge on any atom is -0.453 e. The topological polar surface area (TPSA) is 123 Å². The van der Waals surface area contributed by atoms with Gasteiger partial charge in [-0.2, -0.15) is 0 Å². The number of aliphatic hydroxyl groups is 1. The predicted octanol–water partition coefficient (Wildman–Crippen LogP) is 6.96. The van der Waals surface area contributed by atoms with Gasteiger partial charge >= 0.3 is 5.97 Å². The van der Waals surface area contributed by atoms with E-state index in [2.05, 4.69) is 17.6 Å². The Morgan fingerprint density at radius 3 is 2.20 bits per heavy atom. The molecule has 1 aliphatic heterocycles. The first-order valence-electron chi connectivity index (χ1n) is 16.3. The molecular formula is C39H42N2O7S. The first-order valence-corrected chi connectivity index (χ1v) is 17.2. The Bertz CT molecular complexity index is 1730. The van der Waals surface area contributed by atoms with Gasteiger partial charge in [0.1, 0.15) is 0 Å². The first kappa shape index (κ1) is 35.8. The second-order valence-corrected chi connectivity index (χ2v) is 13.2. The number of thioether (sulfide) groups is 1. The number of amides is 2. The molecule has 0 spiro atoms. The van der Waals surface area contributed by atoms with E-state index in [0.717, 1.165) is 44.0 Å². The summed E-state index contributed by atoms with van der Waals surface area (Å²) in [5.74, 6) is -0.251. The van der Waals surface area contributed by atoms with Crippen molar-refractivity contribution in [3.05, 3.63) is 119 Å². The van der Waals surface area contributed by atoms with Gasteiger partial charge in [-0.25, -0.2) is 0 Å². The molecule has 4 aromatic rings. The summed E-state index contributed by atoms with van der Waals surface area (Å²) in [4.78, 5) is 36.2. The summed E-state index contributed by atoms with van der Waals surface area (Å²) in [6.45, 7) is 6.70. The van der Waals surface area contributed by atoms with Crippen molar-refractivity contribution in [2.24, 2.45) is 5.92 Å². The lowest BCUT2D eigenvalue weighted by Gasteiger charge is -2.41. The third kappa shape index (κ3) is 9.57. The molecule has 10 heteroatoms. The van der Waals surface area contributed by atoms with E-state index >= 15 is 0 Å². The molecule has 1 saturated heterocycles. The van der Waals surface area contributed by atoms with Gasteiger partial charge in [-0.15, -0.1) is 11.8 Å². The van der Waals surface area contributed by atoms with E-state index in [1.165, 1.54) is 13.8 Å². The van der Waals surface area contributed by atoms with Crippen molar-refractivity contribution in [1.82, 2.24) is 5.32 Å². The van der Waals surface area contributed by atoms with Crippen LogP contribution in [-0.2, 0) is 41.7 Å². The lowest BCUT2D eigenvalue weighted by molar-refractivity contribution is -0.268. The Labute approximate surface area is 291 Å². The van der Waals surface area contributed by atoms with E-state index in [9.17, 15) is 19.5 Å². The second-order valence-electron chi connectivity index (χ2n) is 12.1. The Kier molecular flexibility index (Phi) is 12.2. The number of ether oxygens (including phenoxy) is 3. The number of rotatable bonds is 12. The summed E-state index contributed by atoms with van der Waals surface area (Å²) in [7, 11) is 0. The van der Waals surface area contributed by atoms with E-state index in [-0.39, 0.29) is 43.1 Å². The predicted molar refractivity (Wildman–Crippen MR) is 189 cm³/mol. The van der Waals surface area contributed by atoms with E-state index in [0.29, 0.717) is 5.75 Å². The monoisotopic (exact) mass is 682 g/mol. The average Bonchev–Trinajstić information content (AvgIpc) is 3.10. The second kappa shape index (κ2) is 16.8. The smallest absolute Gasteiger partial charge is 0.303 e. The fourth-order valence-electron chi connectivity index (χ4n) is 5.73. The van der Waals surface area contributed by atoms with Gasteiger partial charge in [0, 0.05) is 48.2 Å². The third-order valence-electron chi connectivity index (χ3n) is 8.39. The van der Waals surface area contributed by atoms with Crippen LogP contribution in [0.2, 0.25) is 0 Å². The van der Waals surface area contributed by atoms with Crippen LogP contribution >= 0.6 is 11.8 Å². The quantitative estimate of drug-likeness (QED) is 0.108. The molecule has 2 amide bonds. The number of aliphatic hydroxyl groups excluding tert-OH is 1. The molecule has 1 aliphatic rings. The van der Waals surface area contributed by atoms with Crippen LogP contribution in [0.4, 0.5) is 5.69 Å². The van der Waals surface area contributed by atoms with Gasteiger partial charge in [-0.05, 0) is 59.0 Å². The molecule has 256 valence electrons. The molecule has 0 bridgehead atoms. The molecule has 0 unspecified atom stereocenters. The van der Waals surface area contributed by atoms with Gasteiger partial charge < -0.3 is 30.0 Å². The summed E-state index contributed by atoms with van der Waals surface area (Å²) < 4.78 is 18.3. The summed E-state index contributed by atoms with van der Waals surface area (Å²) >= 11 is 1.69. The van der Waals surface area contributed by atoms with Gasteiger partial charge in [-0.1, -0.05) is 79.7 Å². The van der Waals surface area contributed by atoms with Crippen molar-refractivity contribution in [3.63, 3.8) is 0 Å². The van der Waals surface area contributed by atoms with Crippen molar-refractivity contribution in [2.75, 3.05) is 11.1 Å². The maximum absolute atomic E-state index is 12.5. The van der Waals surface area contributed by atoms with Crippen LogP contribution in [0, 0.1) is 5.92 Å². The molecule has 0 aliphatic carbocycles. The van der Waals surface area contributed by atoms with E-state index in [1.807, 2.05) is 97.1 Å². The molecule has 5 rings (SSSR count). The zero-order chi connectivity index (χ0) is 34.9. The minimum atomic E-state index is -0.878. The van der Waals surface area contributed by atoms with Crippen LogP contribution < -0.4 is 10.6 Å². The normalized spacial score (nSPS) is 19.4. The van der Waals surface area contributed by atoms with Gasteiger partial charge in [0.2, 0.25) is 5.91 Å². The minimum absolute atomic E-state index is 0.0255. The number of benzene rings is 4. The molecule has 49 heavy (non-hydrogen) atoms. The molecule has 0 saturated carbocycles. The highest BCUT2D eigenvalue weighted by Gasteiger charge is 2.38. The molecule has 4 aromatic carbocycles. The maximum atomic E-state index is 12.5. The Balaban J connectivity index is 1.33. The molecular weight excluding hydrogens is 641 g/mol. The van der Waals surface area contributed by atoms with Crippen molar-refractivity contribution in [3.8, 4) is 11.1 Å². The molecule has 1 heterocycles. The summed E-state index contributed by atoms with van der Waals surface area (Å²) in [5, 5.41) is 15.2. The van der Waals surface area contributed by atoms with Crippen LogP contribution in [0.25, 0.3) is 11.1 Å². The lowest BCUT2D eigenvalue weighted by Crippen LogP contribution is -2.38. The summed E-state index contributed by atoms with van der Waals surface area (Å²) in [5.41, 5.74) is 6.34. The Hall–Kier alpha value is -4.48. The fourth-order valence-corrected chi connectivity index (χ4v) is 6.80. The van der Waals surface area contributed by atoms with Gasteiger partial charge in [0.25, 0.3) is 5.91 Å². The zero-order valence-electron chi connectivity index (χ0n) is 28.1. The van der Waals surface area contributed by atoms with Gasteiger partial charge in [-0.3, -0.25) is 14.4 Å². The van der Waals surface area contributed by atoms with Crippen LogP contribution in [-0.4, -0.2) is 40.9 Å². The van der Waals surface area contributed by atoms with Crippen LogP contribution in [0.1, 0.15) is 62.3 Å². The van der Waals surface area contributed by atoms with Crippen LogP contribution in [0.5, 0.6) is 0 Å². The Morgan fingerprint density at radius 2 is 1.55 bits per heavy atom. The molecule has 0 radical (unpaired) electrons. The lowest BCUT2D eigenvalue weighted by atomic mass is 9.91. The first-order chi connectivity index (χ1) is 23.6. The molecule has 5 atom stereocenters. The highest BCUT2D eigenvalue weighted by molar-refractivity contribution is 7.99. The van der Waals surface area contributed by atoms with Gasteiger partial charge in [0.15, 0.2) is 12.4 Å². The van der Waals surface area contributed by atoms with E-state index < -0.39 is 18.4 Å². The number of carbonyl (C=O) groups excluding carboxylic acids is 3. The third-order valence-corrected chi connectivity index (χ3v) is 9.49. The largest absolute Gasteiger partial charge is 0.453 e. The highest BCUT2D eigenvalue weighted by Crippen LogP contribution is 2.43. The SMILES string of the molecule is CC(=O)Nc1ccc(SC[C@H]2O[C@@H](c3ccc(-c4ccccc4CNC(=O)[C@H](C)OC(C)=O)cc3)O[C@@H](c3ccc(CO)cc3)[C@H]2C)cc1. The number of nitrogens with one attached hydrogen (secondary N) is 2. The van der Waals surface area contributed by atoms with Crippen molar-refractivity contribution < 1.29 is 33.7 Å². The van der Waals surface area contributed by atoms with Crippen LogP contribution in [0.15, 0.2) is 102 Å². The number of hydrogen-bond donors (Lipinski definition) is 3. The van der Waals surface area contributed by atoms with Crippen molar-refractivity contribution in [2.45, 2.75) is 70.3 Å². The number of anilines is 1. The highest BCUT2D eigenvalue weighted by atomic mass is 32.2. The standard InChI is InChI=1S/C39H42N2O7S/c1-24-36(23-49-34-19-17-33(18-20-34)41-26(3)43)47-39(48-37(24)30-11-9-28(22-42)10-12-30)31-15-13-29(14-16-31)35-8-6-5-7-32(35)21-40-38(45)25(2)46-27(4)44/h5-20,24-25,36-37,39,42H,21-23H2,1-4H3,(H,40,45)(H,41,43)/t24-,25-,36+,37+,39+/m0/s1. The molecule has 9 nitrogen and oxygen atoms in total. The number of hydrogen-bond acceptors (Lipinski definition) is 8. The van der Waals surface area contributed by atoms with E-state index in [4.69, 9.17) is 14.2 Å². The summed E-state index contributed by atoms with van der Waals surface area (Å²) in [6.07, 6.45) is -1.87. The van der Waals surface area contributed by atoms with E-state index in [1.54, 1.807) is 18.7 Å². The number of carbonyl (C=O) groups is 3. The van der Waals surface area contributed by atoms with Crippen molar-refractivity contribution >= 4 is 35.2 Å². The summed E-state index contributed by atoms with van der Waals surface area (Å²) in [6, 6.07) is 31.5. The van der Waals surface area contributed by atoms with Crippen LogP contribution in [0.3, 0.4) is 0 Å². The molecule has 0 aromatic heterocycles.